The number of nitrogens with zero attached hydrogens (tertiary/aromatic N) is 1. The van der Waals surface area contributed by atoms with Gasteiger partial charge in [0.25, 0.3) is 0 Å². The lowest BCUT2D eigenvalue weighted by Crippen LogP contribution is -2.22. The van der Waals surface area contributed by atoms with Crippen molar-refractivity contribution < 1.29 is 9.53 Å². The molecule has 1 heterocycles. The molecule has 7 heteroatoms. The maximum atomic E-state index is 12.1. The molecule has 2 rings (SSSR count). The second kappa shape index (κ2) is 7.06. The second-order valence-corrected chi connectivity index (χ2v) is 6.04. The predicted molar refractivity (Wildman–Crippen MR) is 84.3 cm³/mol. The van der Waals surface area contributed by atoms with Gasteiger partial charge in [-0.05, 0) is 41.1 Å². The molecule has 0 radical (unpaired) electrons. The van der Waals surface area contributed by atoms with Crippen molar-refractivity contribution in [3.8, 4) is 0 Å². The number of ether oxygens (including phenoxy) is 1. The number of carbonyl (C=O) groups excluding carboxylic acids is 1. The highest BCUT2D eigenvalue weighted by atomic mass is 79.9. The Morgan fingerprint density at radius 3 is 3.00 bits per heavy atom. The number of carbonyl (C=O) groups is 1. The van der Waals surface area contributed by atoms with E-state index in [1.54, 1.807) is 30.8 Å². The SMILES string of the molecule is CCOC(=O)C(Nc1ccc(Cl)c(Br)c1)c1cncs1. The van der Waals surface area contributed by atoms with Crippen molar-refractivity contribution in [2.45, 2.75) is 13.0 Å². The number of esters is 1. The molecule has 20 heavy (non-hydrogen) atoms. The molecule has 0 amide bonds. The highest BCUT2D eigenvalue weighted by Gasteiger charge is 2.23. The van der Waals surface area contributed by atoms with Crippen molar-refractivity contribution >= 4 is 50.5 Å². The summed E-state index contributed by atoms with van der Waals surface area (Å²) in [6.07, 6.45) is 1.66. The number of hydrogen-bond donors (Lipinski definition) is 1. The van der Waals surface area contributed by atoms with Crippen molar-refractivity contribution in [3.05, 3.63) is 44.3 Å². The zero-order chi connectivity index (χ0) is 14.5. The first-order valence-electron chi connectivity index (χ1n) is 5.88. The maximum absolute atomic E-state index is 12.1. The zero-order valence-electron chi connectivity index (χ0n) is 10.6. The van der Waals surface area contributed by atoms with E-state index >= 15 is 0 Å². The Morgan fingerprint density at radius 1 is 1.60 bits per heavy atom. The Labute approximate surface area is 134 Å². The fourth-order valence-electron chi connectivity index (χ4n) is 1.59. The van der Waals surface area contributed by atoms with Gasteiger partial charge in [0.2, 0.25) is 0 Å². The van der Waals surface area contributed by atoms with E-state index in [4.69, 9.17) is 16.3 Å². The maximum Gasteiger partial charge on any atom is 0.334 e. The average molecular weight is 376 g/mol. The van der Waals surface area contributed by atoms with Gasteiger partial charge in [-0.3, -0.25) is 4.98 Å². The monoisotopic (exact) mass is 374 g/mol. The molecular formula is C13H12BrClN2O2S. The van der Waals surface area contributed by atoms with Crippen LogP contribution in [0, 0.1) is 0 Å². The van der Waals surface area contributed by atoms with E-state index in [2.05, 4.69) is 26.2 Å². The summed E-state index contributed by atoms with van der Waals surface area (Å²) in [6.45, 7) is 2.11. The van der Waals surface area contributed by atoms with Crippen molar-refractivity contribution in [1.82, 2.24) is 4.98 Å². The van der Waals surface area contributed by atoms with Crippen LogP contribution in [0.25, 0.3) is 0 Å². The van der Waals surface area contributed by atoms with Crippen LogP contribution in [0.3, 0.4) is 0 Å². The first-order chi connectivity index (χ1) is 9.61. The van der Waals surface area contributed by atoms with Crippen LogP contribution >= 0.6 is 38.9 Å². The van der Waals surface area contributed by atoms with Crippen molar-refractivity contribution in [1.29, 1.82) is 0 Å². The number of halogens is 2. The summed E-state index contributed by atoms with van der Waals surface area (Å²) in [6, 6.07) is 4.80. The number of nitrogens with one attached hydrogen (secondary N) is 1. The highest BCUT2D eigenvalue weighted by molar-refractivity contribution is 9.10. The van der Waals surface area contributed by atoms with Gasteiger partial charge < -0.3 is 10.1 Å². The van der Waals surface area contributed by atoms with Gasteiger partial charge in [0.1, 0.15) is 0 Å². The number of thiazole rings is 1. The zero-order valence-corrected chi connectivity index (χ0v) is 13.8. The Kier molecular flexibility index (Phi) is 5.39. The number of anilines is 1. The minimum atomic E-state index is -0.574. The number of benzene rings is 1. The van der Waals surface area contributed by atoms with Crippen LogP contribution in [0.4, 0.5) is 5.69 Å². The molecular weight excluding hydrogens is 364 g/mol. The van der Waals surface area contributed by atoms with Crippen LogP contribution in [-0.4, -0.2) is 17.6 Å². The van der Waals surface area contributed by atoms with Crippen LogP contribution in [0.2, 0.25) is 5.02 Å². The molecule has 0 bridgehead atoms. The number of aromatic nitrogens is 1. The fourth-order valence-corrected chi connectivity index (χ4v) is 2.75. The summed E-state index contributed by atoms with van der Waals surface area (Å²) in [4.78, 5) is 16.9. The molecule has 0 aliphatic carbocycles. The molecule has 1 aromatic carbocycles. The third kappa shape index (κ3) is 3.71. The molecule has 1 N–H and O–H groups in total. The van der Waals surface area contributed by atoms with E-state index in [1.807, 2.05) is 6.07 Å². The summed E-state index contributed by atoms with van der Waals surface area (Å²) in [5.41, 5.74) is 2.45. The van der Waals surface area contributed by atoms with Crippen LogP contribution < -0.4 is 5.32 Å². The van der Waals surface area contributed by atoms with E-state index in [1.165, 1.54) is 11.3 Å². The van der Waals surface area contributed by atoms with E-state index in [-0.39, 0.29) is 5.97 Å². The van der Waals surface area contributed by atoms with Gasteiger partial charge in [0.15, 0.2) is 6.04 Å². The molecule has 0 saturated carbocycles. The number of hydrogen-bond acceptors (Lipinski definition) is 5. The van der Waals surface area contributed by atoms with Gasteiger partial charge in [-0.15, -0.1) is 11.3 Å². The van der Waals surface area contributed by atoms with Gasteiger partial charge in [0.05, 0.1) is 22.0 Å². The van der Waals surface area contributed by atoms with Crippen LogP contribution in [-0.2, 0) is 9.53 Å². The molecule has 0 aliphatic heterocycles. The van der Waals surface area contributed by atoms with Gasteiger partial charge in [-0.25, -0.2) is 4.79 Å². The van der Waals surface area contributed by atoms with Crippen LogP contribution in [0.5, 0.6) is 0 Å². The van der Waals surface area contributed by atoms with E-state index in [0.717, 1.165) is 15.0 Å². The smallest absolute Gasteiger partial charge is 0.334 e. The van der Waals surface area contributed by atoms with Gasteiger partial charge in [-0.2, -0.15) is 0 Å². The Morgan fingerprint density at radius 2 is 2.40 bits per heavy atom. The molecule has 0 saturated heterocycles. The summed E-state index contributed by atoms with van der Waals surface area (Å²) in [5, 5.41) is 3.75. The lowest BCUT2D eigenvalue weighted by Gasteiger charge is -2.17. The molecule has 2 aromatic rings. The minimum absolute atomic E-state index is 0.331. The average Bonchev–Trinajstić information content (AvgIpc) is 2.94. The van der Waals surface area contributed by atoms with E-state index in [0.29, 0.717) is 11.6 Å². The molecule has 0 fully saturated rings. The molecule has 1 atom stereocenters. The summed E-state index contributed by atoms with van der Waals surface area (Å²) in [5.74, 6) is -0.331. The molecule has 1 unspecified atom stereocenters. The van der Waals surface area contributed by atoms with Gasteiger partial charge in [-0.1, -0.05) is 11.6 Å². The third-order valence-corrected chi connectivity index (χ3v) is 4.54. The standard InChI is InChI=1S/C13H12BrClN2O2S/c1-2-19-13(18)12(11-6-16-7-20-11)17-8-3-4-10(15)9(14)5-8/h3-7,12,17H,2H2,1H3. The van der Waals surface area contributed by atoms with E-state index in [9.17, 15) is 4.79 Å². The normalized spacial score (nSPS) is 11.9. The number of rotatable bonds is 5. The van der Waals surface area contributed by atoms with E-state index < -0.39 is 6.04 Å². The lowest BCUT2D eigenvalue weighted by atomic mass is 10.2. The van der Waals surface area contributed by atoms with Gasteiger partial charge in [0, 0.05) is 16.4 Å². The van der Waals surface area contributed by atoms with Gasteiger partial charge >= 0.3 is 5.97 Å². The molecule has 106 valence electrons. The predicted octanol–water partition coefficient (Wildman–Crippen LogP) is 4.28. The first kappa shape index (κ1) is 15.3. The van der Waals surface area contributed by atoms with Crippen molar-refractivity contribution in [3.63, 3.8) is 0 Å². The topological polar surface area (TPSA) is 51.2 Å². The Hall–Kier alpha value is -1.11. The Bertz CT molecular complexity index is 592. The van der Waals surface area contributed by atoms with Crippen molar-refractivity contribution in [2.75, 3.05) is 11.9 Å². The Balaban J connectivity index is 2.23. The molecule has 0 spiro atoms. The quantitative estimate of drug-likeness (QED) is 0.793. The van der Waals surface area contributed by atoms with Crippen LogP contribution in [0.15, 0.2) is 34.4 Å². The summed E-state index contributed by atoms with van der Waals surface area (Å²) >= 11 is 10.7. The molecule has 0 aliphatic rings. The lowest BCUT2D eigenvalue weighted by molar-refractivity contribution is -0.144. The second-order valence-electron chi connectivity index (χ2n) is 3.86. The van der Waals surface area contributed by atoms with Crippen LogP contribution in [0.1, 0.15) is 17.8 Å². The third-order valence-electron chi connectivity index (χ3n) is 2.49. The minimum Gasteiger partial charge on any atom is -0.464 e. The summed E-state index contributed by atoms with van der Waals surface area (Å²) in [7, 11) is 0. The fraction of sp³-hybridized carbons (Fsp3) is 0.231. The molecule has 4 nitrogen and oxygen atoms in total. The first-order valence-corrected chi connectivity index (χ1v) is 7.93. The summed E-state index contributed by atoms with van der Waals surface area (Å²) < 4.78 is 5.85. The van der Waals surface area contributed by atoms with Crippen molar-refractivity contribution in [2.24, 2.45) is 0 Å². The highest BCUT2D eigenvalue weighted by Crippen LogP contribution is 2.29. The molecule has 1 aromatic heterocycles. The largest absolute Gasteiger partial charge is 0.464 e.